The lowest BCUT2D eigenvalue weighted by Crippen LogP contribution is -2.20. The maximum atomic E-state index is 5.89. The Morgan fingerprint density at radius 3 is 2.34 bits per heavy atom. The second-order valence-corrected chi connectivity index (χ2v) is 10.1. The third-order valence-electron chi connectivity index (χ3n) is 6.79. The number of furan rings is 1. The number of nitrogens with zero attached hydrogens (tertiary/aromatic N) is 2. The normalized spacial score (nSPS) is 17.2. The first-order valence-corrected chi connectivity index (χ1v) is 12.4. The monoisotopic (exact) mass is 448 g/mol. The Kier molecular flexibility index (Phi) is 6.22. The summed E-state index contributed by atoms with van der Waals surface area (Å²) in [7, 11) is 6.12. The van der Waals surface area contributed by atoms with Crippen LogP contribution in [0.25, 0.3) is 21.1 Å². The van der Waals surface area contributed by atoms with Gasteiger partial charge in [0.15, 0.2) is 0 Å². The fourth-order valence-corrected chi connectivity index (χ4v) is 6.04. The summed E-state index contributed by atoms with van der Waals surface area (Å²) < 4.78 is 12.6. The highest BCUT2D eigenvalue weighted by Gasteiger charge is 2.18. The molecule has 0 radical (unpaired) electrons. The summed E-state index contributed by atoms with van der Waals surface area (Å²) >= 11 is 1.95. The van der Waals surface area contributed by atoms with Crippen molar-refractivity contribution in [2.75, 3.05) is 47.4 Å². The number of fused-ring (bicyclic) bond motifs is 6. The summed E-state index contributed by atoms with van der Waals surface area (Å²) in [5, 5.41) is 2.71. The van der Waals surface area contributed by atoms with Gasteiger partial charge in [-0.2, -0.15) is 0 Å². The van der Waals surface area contributed by atoms with Crippen molar-refractivity contribution in [3.8, 4) is 5.75 Å². The number of para-hydroxylation sites is 1. The van der Waals surface area contributed by atoms with Gasteiger partial charge in [-0.25, -0.2) is 0 Å². The van der Waals surface area contributed by atoms with Gasteiger partial charge >= 0.3 is 0 Å². The highest BCUT2D eigenvalue weighted by Crippen LogP contribution is 2.35. The van der Waals surface area contributed by atoms with Gasteiger partial charge in [0.2, 0.25) is 0 Å². The molecule has 0 amide bonds. The lowest BCUT2D eigenvalue weighted by atomic mass is 10.1. The minimum atomic E-state index is 0.968. The Hall–Kier alpha value is -2.34. The van der Waals surface area contributed by atoms with Gasteiger partial charge < -0.3 is 19.0 Å². The molecule has 4 aromatic rings. The highest BCUT2D eigenvalue weighted by atomic mass is 32.1. The van der Waals surface area contributed by atoms with Crippen molar-refractivity contribution in [1.82, 2.24) is 9.80 Å². The molecule has 0 saturated heterocycles. The molecular weight excluding hydrogens is 416 g/mol. The van der Waals surface area contributed by atoms with E-state index in [1.165, 1.54) is 46.2 Å². The van der Waals surface area contributed by atoms with Crippen molar-refractivity contribution in [3.05, 3.63) is 64.2 Å². The SMILES string of the molecule is CN1CCc2oc3ccccc3c2CC1.COc1ccc2sc3c(c2c1)CCN(C)CC3. The van der Waals surface area contributed by atoms with Gasteiger partial charge in [-0.3, -0.25) is 0 Å². The first kappa shape index (κ1) is 21.5. The van der Waals surface area contributed by atoms with Gasteiger partial charge in [0.1, 0.15) is 17.1 Å². The average molecular weight is 449 g/mol. The van der Waals surface area contributed by atoms with Crippen molar-refractivity contribution in [2.45, 2.75) is 25.7 Å². The Morgan fingerprint density at radius 1 is 0.812 bits per heavy atom. The number of hydrogen-bond donors (Lipinski definition) is 0. The zero-order valence-corrected chi connectivity index (χ0v) is 20.1. The molecule has 32 heavy (non-hydrogen) atoms. The van der Waals surface area contributed by atoms with Crippen molar-refractivity contribution >= 4 is 32.4 Å². The molecule has 0 N–H and O–H groups in total. The number of thiophene rings is 1. The summed E-state index contributed by atoms with van der Waals surface area (Å²) in [5.74, 6) is 2.16. The average Bonchev–Trinajstić information content (AvgIpc) is 3.21. The van der Waals surface area contributed by atoms with E-state index in [0.29, 0.717) is 0 Å². The summed E-state index contributed by atoms with van der Waals surface area (Å²) in [5.41, 5.74) is 4.02. The minimum absolute atomic E-state index is 0.968. The third-order valence-corrected chi connectivity index (χ3v) is 8.06. The van der Waals surface area contributed by atoms with Crippen LogP contribution in [0.1, 0.15) is 21.8 Å². The maximum Gasteiger partial charge on any atom is 0.134 e. The van der Waals surface area contributed by atoms with Crippen LogP contribution in [0.3, 0.4) is 0 Å². The van der Waals surface area contributed by atoms with Crippen molar-refractivity contribution in [1.29, 1.82) is 0 Å². The van der Waals surface area contributed by atoms with E-state index in [-0.39, 0.29) is 0 Å². The molecule has 4 nitrogen and oxygen atoms in total. The van der Waals surface area contributed by atoms with E-state index in [1.807, 2.05) is 17.4 Å². The van der Waals surface area contributed by atoms with Crippen LogP contribution in [0, 0.1) is 0 Å². The van der Waals surface area contributed by atoms with Gasteiger partial charge in [0.25, 0.3) is 0 Å². The second-order valence-electron chi connectivity index (χ2n) is 8.97. The lowest BCUT2D eigenvalue weighted by molar-refractivity contribution is 0.346. The van der Waals surface area contributed by atoms with Crippen LogP contribution in [0.4, 0.5) is 0 Å². The first-order valence-electron chi connectivity index (χ1n) is 11.6. The van der Waals surface area contributed by atoms with E-state index < -0.39 is 0 Å². The van der Waals surface area contributed by atoms with Crippen LogP contribution in [-0.2, 0) is 25.7 Å². The van der Waals surface area contributed by atoms with Gasteiger partial charge in [-0.15, -0.1) is 11.3 Å². The van der Waals surface area contributed by atoms with E-state index in [0.717, 1.165) is 43.8 Å². The maximum absolute atomic E-state index is 5.89. The number of likely N-dealkylation sites (N-methyl/N-ethyl adjacent to an activating group) is 2. The van der Waals surface area contributed by atoms with Crippen LogP contribution in [0.5, 0.6) is 5.75 Å². The Balaban J connectivity index is 0.000000136. The third kappa shape index (κ3) is 4.29. The summed E-state index contributed by atoms with van der Waals surface area (Å²) in [6.07, 6.45) is 4.51. The van der Waals surface area contributed by atoms with Crippen molar-refractivity contribution in [3.63, 3.8) is 0 Å². The zero-order valence-electron chi connectivity index (χ0n) is 19.3. The van der Waals surface area contributed by atoms with E-state index in [1.54, 1.807) is 17.6 Å². The van der Waals surface area contributed by atoms with Gasteiger partial charge in [0.05, 0.1) is 7.11 Å². The van der Waals surface area contributed by atoms with E-state index in [4.69, 9.17) is 9.15 Å². The molecule has 0 unspecified atom stereocenters. The minimum Gasteiger partial charge on any atom is -0.497 e. The van der Waals surface area contributed by atoms with Crippen LogP contribution < -0.4 is 4.74 Å². The number of rotatable bonds is 1. The predicted octanol–water partition coefficient (Wildman–Crippen LogP) is 5.40. The quantitative estimate of drug-likeness (QED) is 0.390. The number of benzene rings is 2. The van der Waals surface area contributed by atoms with Crippen molar-refractivity contribution in [2.24, 2.45) is 0 Å². The lowest BCUT2D eigenvalue weighted by Gasteiger charge is -2.11. The molecule has 2 aliphatic heterocycles. The molecule has 168 valence electrons. The summed E-state index contributed by atoms with van der Waals surface area (Å²) in [4.78, 5) is 6.35. The molecule has 0 spiro atoms. The zero-order chi connectivity index (χ0) is 22.1. The Morgan fingerprint density at radius 2 is 1.53 bits per heavy atom. The first-order chi connectivity index (χ1) is 15.6. The highest BCUT2D eigenvalue weighted by molar-refractivity contribution is 7.19. The molecule has 0 aliphatic carbocycles. The molecule has 0 saturated carbocycles. The van der Waals surface area contributed by atoms with Crippen LogP contribution in [0.15, 0.2) is 46.9 Å². The smallest absolute Gasteiger partial charge is 0.134 e. The van der Waals surface area contributed by atoms with E-state index >= 15 is 0 Å². The molecule has 0 fully saturated rings. The van der Waals surface area contributed by atoms with Gasteiger partial charge in [-0.1, -0.05) is 18.2 Å². The Bertz CT molecular complexity index is 1230. The number of hydrogen-bond acceptors (Lipinski definition) is 5. The number of methoxy groups -OCH3 is 1. The molecule has 6 rings (SSSR count). The second kappa shape index (κ2) is 9.26. The molecule has 2 aromatic heterocycles. The van der Waals surface area contributed by atoms with E-state index in [9.17, 15) is 0 Å². The fraction of sp³-hybridized carbons (Fsp3) is 0.407. The van der Waals surface area contributed by atoms with Crippen LogP contribution in [-0.4, -0.2) is 57.2 Å². The van der Waals surface area contributed by atoms with E-state index in [2.05, 4.69) is 60.3 Å². The molecule has 0 bridgehead atoms. The van der Waals surface area contributed by atoms with Crippen LogP contribution >= 0.6 is 11.3 Å². The molecule has 2 aromatic carbocycles. The van der Waals surface area contributed by atoms with Gasteiger partial charge in [-0.05, 0) is 68.6 Å². The predicted molar refractivity (Wildman–Crippen MR) is 134 cm³/mol. The molecule has 0 atom stereocenters. The van der Waals surface area contributed by atoms with Crippen LogP contribution in [0.2, 0.25) is 0 Å². The molecular formula is C27H32N2O2S. The fourth-order valence-electron chi connectivity index (χ4n) is 4.82. The Labute approximate surface area is 194 Å². The van der Waals surface area contributed by atoms with Gasteiger partial charge in [0, 0.05) is 53.1 Å². The summed E-state index contributed by atoms with van der Waals surface area (Å²) in [6, 6.07) is 14.8. The largest absolute Gasteiger partial charge is 0.497 e. The van der Waals surface area contributed by atoms with Crippen molar-refractivity contribution < 1.29 is 9.15 Å². The molecule has 4 heterocycles. The standard InChI is InChI=1S/C14H17NOS.C13H15NO/c1-15-7-5-11-12-9-10(16-2)3-4-13(12)17-14(11)6-8-15;1-14-8-6-11-10-4-2-3-5-12(10)15-13(11)7-9-14/h3-4,9H,5-8H2,1-2H3;2-5H,6-9H2,1H3. The molecule has 5 heteroatoms. The topological polar surface area (TPSA) is 28.9 Å². The molecule has 2 aliphatic rings. The number of ether oxygens (including phenoxy) is 1. The summed E-state index contributed by atoms with van der Waals surface area (Å²) in [6.45, 7) is 4.58.